The van der Waals surface area contributed by atoms with Crippen molar-refractivity contribution in [3.63, 3.8) is 0 Å². The van der Waals surface area contributed by atoms with E-state index in [0.29, 0.717) is 11.7 Å². The average Bonchev–Trinajstić information content (AvgIpc) is 2.61. The molecule has 0 aliphatic carbocycles. The van der Waals surface area contributed by atoms with Gasteiger partial charge in [-0.1, -0.05) is 35.9 Å². The highest BCUT2D eigenvalue weighted by Crippen LogP contribution is 2.27. The van der Waals surface area contributed by atoms with Crippen LogP contribution in [0.15, 0.2) is 36.7 Å². The summed E-state index contributed by atoms with van der Waals surface area (Å²) in [5.74, 6) is 0.788. The van der Waals surface area contributed by atoms with Crippen molar-refractivity contribution >= 4 is 17.4 Å². The third-order valence-electron chi connectivity index (χ3n) is 5.12. The number of nitrogens with zero attached hydrogens (tertiary/aromatic N) is 4. The second-order valence-electron chi connectivity index (χ2n) is 6.56. The first-order valence-electron chi connectivity index (χ1n) is 8.42. The standard InChI is InChI=1S/C18H21ClN4O/c19-17-9-18(21-12-20-17)23-8-6-15(16(24)11-23)22-7-5-13-3-1-2-4-14(13)10-22/h1-4,9,12,15-16,24H,5-8,10-11H2/t15?,16-/m0/s1. The lowest BCUT2D eigenvalue weighted by Crippen LogP contribution is -2.55. The highest BCUT2D eigenvalue weighted by atomic mass is 35.5. The van der Waals surface area contributed by atoms with Crippen molar-refractivity contribution in [2.24, 2.45) is 0 Å². The maximum Gasteiger partial charge on any atom is 0.134 e. The molecular weight excluding hydrogens is 324 g/mol. The molecule has 2 aliphatic heterocycles. The number of benzene rings is 1. The summed E-state index contributed by atoms with van der Waals surface area (Å²) >= 11 is 5.95. The molecule has 3 heterocycles. The minimum absolute atomic E-state index is 0.201. The first-order chi connectivity index (χ1) is 11.7. The fourth-order valence-electron chi connectivity index (χ4n) is 3.85. The number of fused-ring (bicyclic) bond motifs is 1. The van der Waals surface area contributed by atoms with Crippen LogP contribution in [0.3, 0.4) is 0 Å². The zero-order valence-electron chi connectivity index (χ0n) is 13.5. The molecule has 6 heteroatoms. The van der Waals surface area contributed by atoms with E-state index in [1.54, 1.807) is 6.07 Å². The maximum atomic E-state index is 10.7. The van der Waals surface area contributed by atoms with Crippen LogP contribution in [0, 0.1) is 0 Å². The Morgan fingerprint density at radius 3 is 2.75 bits per heavy atom. The molecule has 1 aromatic carbocycles. The summed E-state index contributed by atoms with van der Waals surface area (Å²) < 4.78 is 0. The summed E-state index contributed by atoms with van der Waals surface area (Å²) in [5, 5.41) is 11.1. The van der Waals surface area contributed by atoms with Gasteiger partial charge in [-0.05, 0) is 24.0 Å². The Morgan fingerprint density at radius 2 is 1.96 bits per heavy atom. The molecule has 0 spiro atoms. The molecule has 2 aliphatic rings. The van der Waals surface area contributed by atoms with E-state index in [9.17, 15) is 5.11 Å². The SMILES string of the molecule is O[C@H]1CN(c2cc(Cl)ncn2)CCC1N1CCc2ccccc2C1. The van der Waals surface area contributed by atoms with Crippen LogP contribution in [0.5, 0.6) is 0 Å². The van der Waals surface area contributed by atoms with Gasteiger partial charge in [0.1, 0.15) is 17.3 Å². The van der Waals surface area contributed by atoms with E-state index < -0.39 is 6.10 Å². The Morgan fingerprint density at radius 1 is 1.12 bits per heavy atom. The Balaban J connectivity index is 1.44. The van der Waals surface area contributed by atoms with E-state index in [-0.39, 0.29) is 6.04 Å². The third-order valence-corrected chi connectivity index (χ3v) is 5.33. The molecule has 4 rings (SSSR count). The zero-order chi connectivity index (χ0) is 16.5. The van der Waals surface area contributed by atoms with E-state index in [4.69, 9.17) is 11.6 Å². The Labute approximate surface area is 146 Å². The van der Waals surface area contributed by atoms with Crippen molar-refractivity contribution in [2.45, 2.75) is 31.5 Å². The fraction of sp³-hybridized carbons (Fsp3) is 0.444. The molecule has 0 saturated carbocycles. The Bertz CT molecular complexity index is 726. The molecule has 1 N–H and O–H groups in total. The Kier molecular flexibility index (Phi) is 4.39. The Hall–Kier alpha value is -1.69. The van der Waals surface area contributed by atoms with Crippen LogP contribution in [0.1, 0.15) is 17.5 Å². The lowest BCUT2D eigenvalue weighted by molar-refractivity contribution is 0.0293. The van der Waals surface area contributed by atoms with Gasteiger partial charge in [0.25, 0.3) is 0 Å². The molecule has 2 aromatic rings. The normalized spacial score (nSPS) is 24.7. The quantitative estimate of drug-likeness (QED) is 0.846. The number of aromatic nitrogens is 2. The van der Waals surface area contributed by atoms with E-state index in [0.717, 1.165) is 38.3 Å². The van der Waals surface area contributed by atoms with Gasteiger partial charge in [-0.15, -0.1) is 0 Å². The van der Waals surface area contributed by atoms with Crippen molar-refractivity contribution < 1.29 is 5.11 Å². The number of aliphatic hydroxyl groups excluding tert-OH is 1. The molecule has 0 amide bonds. The number of hydrogen-bond acceptors (Lipinski definition) is 5. The van der Waals surface area contributed by atoms with Crippen molar-refractivity contribution in [3.05, 3.63) is 52.9 Å². The van der Waals surface area contributed by atoms with Gasteiger partial charge in [0.05, 0.1) is 6.10 Å². The second-order valence-corrected chi connectivity index (χ2v) is 6.94. The molecule has 2 atom stereocenters. The molecule has 1 saturated heterocycles. The molecule has 1 aromatic heterocycles. The lowest BCUT2D eigenvalue weighted by atomic mass is 9.94. The highest BCUT2D eigenvalue weighted by molar-refractivity contribution is 6.29. The van der Waals surface area contributed by atoms with Gasteiger partial charge < -0.3 is 10.0 Å². The van der Waals surface area contributed by atoms with Crippen LogP contribution in [-0.4, -0.2) is 51.8 Å². The monoisotopic (exact) mass is 344 g/mol. The van der Waals surface area contributed by atoms with Crippen molar-refractivity contribution in [2.75, 3.05) is 24.5 Å². The molecular formula is C18H21ClN4O. The van der Waals surface area contributed by atoms with Gasteiger partial charge >= 0.3 is 0 Å². The van der Waals surface area contributed by atoms with Crippen LogP contribution in [0.25, 0.3) is 0 Å². The minimum atomic E-state index is -0.391. The van der Waals surface area contributed by atoms with E-state index in [1.165, 1.54) is 17.5 Å². The first-order valence-corrected chi connectivity index (χ1v) is 8.80. The summed E-state index contributed by atoms with van der Waals surface area (Å²) in [5.41, 5.74) is 2.83. The van der Waals surface area contributed by atoms with Gasteiger partial charge in [0, 0.05) is 38.3 Å². The van der Waals surface area contributed by atoms with Crippen LogP contribution in [0.2, 0.25) is 5.15 Å². The van der Waals surface area contributed by atoms with Gasteiger partial charge in [-0.3, -0.25) is 4.90 Å². The summed E-state index contributed by atoms with van der Waals surface area (Å²) in [4.78, 5) is 12.7. The van der Waals surface area contributed by atoms with E-state index in [1.807, 2.05) is 0 Å². The largest absolute Gasteiger partial charge is 0.390 e. The van der Waals surface area contributed by atoms with Gasteiger partial charge in [0.15, 0.2) is 0 Å². The number of rotatable bonds is 2. The number of hydrogen-bond donors (Lipinski definition) is 1. The maximum absolute atomic E-state index is 10.7. The molecule has 0 radical (unpaired) electrons. The predicted octanol–water partition coefficient (Wildman–Crippen LogP) is 2.13. The summed E-state index contributed by atoms with van der Waals surface area (Å²) in [6.45, 7) is 3.39. The van der Waals surface area contributed by atoms with Crippen LogP contribution < -0.4 is 4.90 Å². The molecule has 1 fully saturated rings. The lowest BCUT2D eigenvalue weighted by Gasteiger charge is -2.43. The van der Waals surface area contributed by atoms with Gasteiger partial charge in [0.2, 0.25) is 0 Å². The minimum Gasteiger partial charge on any atom is -0.390 e. The van der Waals surface area contributed by atoms with Gasteiger partial charge in [-0.25, -0.2) is 9.97 Å². The first kappa shape index (κ1) is 15.8. The van der Waals surface area contributed by atoms with Crippen LogP contribution in [0.4, 0.5) is 5.82 Å². The van der Waals surface area contributed by atoms with Gasteiger partial charge in [-0.2, -0.15) is 0 Å². The van der Waals surface area contributed by atoms with E-state index in [2.05, 4.69) is 44.0 Å². The van der Waals surface area contributed by atoms with Crippen LogP contribution in [-0.2, 0) is 13.0 Å². The zero-order valence-corrected chi connectivity index (χ0v) is 14.2. The molecule has 5 nitrogen and oxygen atoms in total. The number of anilines is 1. The fourth-order valence-corrected chi connectivity index (χ4v) is 3.99. The third kappa shape index (κ3) is 3.11. The predicted molar refractivity (Wildman–Crippen MR) is 94.2 cm³/mol. The highest BCUT2D eigenvalue weighted by Gasteiger charge is 2.34. The number of β-amino-alcohol motifs (C(OH)–C–C–N with tert-alkyl or cyclic N) is 1. The number of halogens is 1. The van der Waals surface area contributed by atoms with Crippen molar-refractivity contribution in [1.82, 2.24) is 14.9 Å². The van der Waals surface area contributed by atoms with Crippen molar-refractivity contribution in [3.8, 4) is 0 Å². The topological polar surface area (TPSA) is 52.5 Å². The van der Waals surface area contributed by atoms with E-state index >= 15 is 0 Å². The summed E-state index contributed by atoms with van der Waals surface area (Å²) in [7, 11) is 0. The molecule has 24 heavy (non-hydrogen) atoms. The average molecular weight is 345 g/mol. The second kappa shape index (κ2) is 6.67. The number of piperidine rings is 1. The summed E-state index contributed by atoms with van der Waals surface area (Å²) in [6.07, 6.45) is 3.06. The molecule has 1 unspecified atom stereocenters. The molecule has 0 bridgehead atoms. The number of aliphatic hydroxyl groups is 1. The van der Waals surface area contributed by atoms with Crippen LogP contribution >= 0.6 is 11.6 Å². The van der Waals surface area contributed by atoms with Crippen molar-refractivity contribution in [1.29, 1.82) is 0 Å². The molecule has 126 valence electrons. The smallest absolute Gasteiger partial charge is 0.134 e. The summed E-state index contributed by atoms with van der Waals surface area (Å²) in [6, 6.07) is 10.6.